The van der Waals surface area contributed by atoms with Crippen LogP contribution in [-0.2, 0) is 10.2 Å². The summed E-state index contributed by atoms with van der Waals surface area (Å²) >= 11 is 0. The second-order valence-corrected chi connectivity index (χ2v) is 5.88. The van der Waals surface area contributed by atoms with Crippen molar-refractivity contribution in [2.45, 2.75) is 45.1 Å². The Morgan fingerprint density at radius 3 is 2.47 bits per heavy atom. The summed E-state index contributed by atoms with van der Waals surface area (Å²) in [5, 5.41) is 18.1. The van der Waals surface area contributed by atoms with E-state index < -0.39 is 17.9 Å². The highest BCUT2D eigenvalue weighted by atomic mass is 16.4. The number of aromatic nitrogens is 3. The Hall–Kier alpha value is -1.92. The van der Waals surface area contributed by atoms with E-state index in [-0.39, 0.29) is 17.2 Å². The van der Waals surface area contributed by atoms with E-state index in [1.165, 1.54) is 0 Å². The Kier molecular flexibility index (Phi) is 3.30. The molecule has 1 saturated carbocycles. The number of rotatable bonds is 4. The van der Waals surface area contributed by atoms with Crippen LogP contribution in [0.5, 0.6) is 0 Å². The van der Waals surface area contributed by atoms with E-state index >= 15 is 0 Å². The van der Waals surface area contributed by atoms with E-state index in [2.05, 4.69) is 20.5 Å². The van der Waals surface area contributed by atoms with Crippen molar-refractivity contribution >= 4 is 11.9 Å². The van der Waals surface area contributed by atoms with Gasteiger partial charge in [0.25, 0.3) is 5.91 Å². The predicted octanol–water partition coefficient (Wildman–Crippen LogP) is 0.695. The fourth-order valence-electron chi connectivity index (χ4n) is 1.72. The molecule has 0 spiro atoms. The van der Waals surface area contributed by atoms with Gasteiger partial charge in [0.1, 0.15) is 11.9 Å². The number of nitrogens with one attached hydrogen (secondary N) is 2. The van der Waals surface area contributed by atoms with Crippen molar-refractivity contribution in [3.63, 3.8) is 0 Å². The molecule has 0 aliphatic heterocycles. The normalized spacial score (nSPS) is 17.0. The van der Waals surface area contributed by atoms with Gasteiger partial charge < -0.3 is 10.4 Å². The highest BCUT2D eigenvalue weighted by molar-refractivity contribution is 5.93. The van der Waals surface area contributed by atoms with Crippen molar-refractivity contribution in [2.24, 2.45) is 5.92 Å². The first-order chi connectivity index (χ1) is 8.79. The fourth-order valence-corrected chi connectivity index (χ4v) is 1.72. The Morgan fingerprint density at radius 1 is 1.42 bits per heavy atom. The van der Waals surface area contributed by atoms with E-state index in [1.54, 1.807) is 0 Å². The van der Waals surface area contributed by atoms with Crippen LogP contribution < -0.4 is 5.32 Å². The smallest absolute Gasteiger partial charge is 0.326 e. The molecule has 1 unspecified atom stereocenters. The average molecular weight is 266 g/mol. The van der Waals surface area contributed by atoms with Crippen LogP contribution in [-0.4, -0.2) is 38.2 Å². The van der Waals surface area contributed by atoms with E-state index in [0.29, 0.717) is 5.82 Å². The van der Waals surface area contributed by atoms with E-state index in [0.717, 1.165) is 12.8 Å². The minimum Gasteiger partial charge on any atom is -0.480 e. The minimum atomic E-state index is -1.01. The van der Waals surface area contributed by atoms with Crippen LogP contribution in [0.15, 0.2) is 0 Å². The third-order valence-corrected chi connectivity index (χ3v) is 3.04. The molecular formula is C12H18N4O3. The summed E-state index contributed by atoms with van der Waals surface area (Å²) in [7, 11) is 0. The number of hydrogen-bond donors (Lipinski definition) is 3. The first kappa shape index (κ1) is 13.5. The molecule has 0 aromatic carbocycles. The van der Waals surface area contributed by atoms with Crippen molar-refractivity contribution in [1.29, 1.82) is 0 Å². The highest BCUT2D eigenvalue weighted by Crippen LogP contribution is 2.32. The number of carboxylic acids is 1. The van der Waals surface area contributed by atoms with Gasteiger partial charge in [-0.1, -0.05) is 20.8 Å². The third kappa shape index (κ3) is 3.10. The lowest BCUT2D eigenvalue weighted by atomic mass is 9.96. The van der Waals surface area contributed by atoms with Gasteiger partial charge in [0.15, 0.2) is 0 Å². The van der Waals surface area contributed by atoms with Crippen LogP contribution in [0.1, 0.15) is 50.1 Å². The Morgan fingerprint density at radius 2 is 2.05 bits per heavy atom. The number of carbonyl (C=O) groups excluding carboxylic acids is 1. The van der Waals surface area contributed by atoms with Crippen LogP contribution in [0.3, 0.4) is 0 Å². The summed E-state index contributed by atoms with van der Waals surface area (Å²) in [6.45, 7) is 5.83. The summed E-state index contributed by atoms with van der Waals surface area (Å²) in [6, 6.07) is -0.843. The molecule has 104 valence electrons. The second kappa shape index (κ2) is 4.64. The molecule has 1 aromatic rings. The Bertz CT molecular complexity index is 499. The molecule has 1 aromatic heterocycles. The summed E-state index contributed by atoms with van der Waals surface area (Å²) < 4.78 is 0. The zero-order valence-corrected chi connectivity index (χ0v) is 11.2. The molecule has 1 atom stereocenters. The number of carboxylic acid groups (broad SMARTS) is 1. The van der Waals surface area contributed by atoms with Gasteiger partial charge in [0, 0.05) is 5.41 Å². The fraction of sp³-hybridized carbons (Fsp3) is 0.667. The van der Waals surface area contributed by atoms with Gasteiger partial charge >= 0.3 is 5.97 Å². The van der Waals surface area contributed by atoms with Gasteiger partial charge in [0.05, 0.1) is 0 Å². The van der Waals surface area contributed by atoms with Crippen LogP contribution in [0, 0.1) is 5.92 Å². The molecule has 7 heteroatoms. The van der Waals surface area contributed by atoms with E-state index in [4.69, 9.17) is 5.11 Å². The molecule has 7 nitrogen and oxygen atoms in total. The summed E-state index contributed by atoms with van der Waals surface area (Å²) in [5.41, 5.74) is -0.242. The second-order valence-electron chi connectivity index (χ2n) is 5.88. The lowest BCUT2D eigenvalue weighted by Crippen LogP contribution is -2.42. The third-order valence-electron chi connectivity index (χ3n) is 3.04. The Labute approximate surface area is 110 Å². The quantitative estimate of drug-likeness (QED) is 0.743. The SMILES string of the molecule is CC(C)(C)c1nc(C(=O)NC(C(=O)O)C2CC2)n[nH]1. The summed E-state index contributed by atoms with van der Waals surface area (Å²) in [5.74, 6) is -0.955. The number of H-pyrrole nitrogens is 1. The molecule has 1 aliphatic carbocycles. The largest absolute Gasteiger partial charge is 0.480 e. The number of aromatic amines is 1. The number of amides is 1. The number of carbonyl (C=O) groups is 2. The van der Waals surface area contributed by atoms with Gasteiger partial charge in [-0.2, -0.15) is 0 Å². The van der Waals surface area contributed by atoms with Crippen molar-refractivity contribution in [3.05, 3.63) is 11.6 Å². The summed E-state index contributed by atoms with van der Waals surface area (Å²) in [6.07, 6.45) is 1.66. The van der Waals surface area contributed by atoms with Gasteiger partial charge in [-0.05, 0) is 18.8 Å². The molecule has 1 amide bonds. The van der Waals surface area contributed by atoms with Crippen LogP contribution in [0.25, 0.3) is 0 Å². The number of nitrogens with zero attached hydrogens (tertiary/aromatic N) is 2. The van der Waals surface area contributed by atoms with Crippen LogP contribution in [0.4, 0.5) is 0 Å². The molecule has 1 heterocycles. The monoisotopic (exact) mass is 266 g/mol. The highest BCUT2D eigenvalue weighted by Gasteiger charge is 2.38. The van der Waals surface area contributed by atoms with Gasteiger partial charge in [-0.25, -0.2) is 9.78 Å². The topological polar surface area (TPSA) is 108 Å². The van der Waals surface area contributed by atoms with E-state index in [1.807, 2.05) is 20.8 Å². The maximum Gasteiger partial charge on any atom is 0.326 e. The molecule has 0 bridgehead atoms. The first-order valence-corrected chi connectivity index (χ1v) is 6.25. The average Bonchev–Trinajstić information content (AvgIpc) is 2.98. The first-order valence-electron chi connectivity index (χ1n) is 6.25. The van der Waals surface area contributed by atoms with Crippen molar-refractivity contribution in [2.75, 3.05) is 0 Å². The lowest BCUT2D eigenvalue weighted by molar-refractivity contribution is -0.139. The minimum absolute atomic E-state index is 0.0168. The van der Waals surface area contributed by atoms with Gasteiger partial charge in [-0.15, -0.1) is 5.10 Å². The number of hydrogen-bond acceptors (Lipinski definition) is 4. The molecule has 1 aliphatic rings. The zero-order valence-electron chi connectivity index (χ0n) is 11.2. The van der Waals surface area contributed by atoms with Crippen molar-refractivity contribution < 1.29 is 14.7 Å². The van der Waals surface area contributed by atoms with Gasteiger partial charge in [-0.3, -0.25) is 9.89 Å². The molecule has 1 fully saturated rings. The Balaban J connectivity index is 2.07. The molecule has 0 saturated heterocycles. The van der Waals surface area contributed by atoms with Crippen LogP contribution in [0.2, 0.25) is 0 Å². The summed E-state index contributed by atoms with van der Waals surface area (Å²) in [4.78, 5) is 27.1. The molecule has 3 N–H and O–H groups in total. The molecular weight excluding hydrogens is 248 g/mol. The van der Waals surface area contributed by atoms with E-state index in [9.17, 15) is 9.59 Å². The number of aliphatic carboxylic acids is 1. The van der Waals surface area contributed by atoms with Gasteiger partial charge in [0.2, 0.25) is 5.82 Å². The molecule has 19 heavy (non-hydrogen) atoms. The zero-order chi connectivity index (χ0) is 14.2. The van der Waals surface area contributed by atoms with Crippen molar-refractivity contribution in [1.82, 2.24) is 20.5 Å². The van der Waals surface area contributed by atoms with Crippen molar-refractivity contribution in [3.8, 4) is 0 Å². The maximum atomic E-state index is 11.9. The lowest BCUT2D eigenvalue weighted by Gasteiger charge is -2.13. The molecule has 2 rings (SSSR count). The molecule has 0 radical (unpaired) electrons. The predicted molar refractivity (Wildman–Crippen MR) is 66.7 cm³/mol. The van der Waals surface area contributed by atoms with Crippen LogP contribution >= 0.6 is 0 Å². The maximum absolute atomic E-state index is 11.9. The standard InChI is InChI=1S/C12H18N4O3/c1-12(2,3)11-14-8(15-16-11)9(17)13-7(10(18)19)6-4-5-6/h6-7H,4-5H2,1-3H3,(H,13,17)(H,18,19)(H,14,15,16).